The van der Waals surface area contributed by atoms with Gasteiger partial charge >= 0.3 is 5.97 Å². The molecule has 0 aliphatic carbocycles. The van der Waals surface area contributed by atoms with Gasteiger partial charge in [-0.1, -0.05) is 13.8 Å². The summed E-state index contributed by atoms with van der Waals surface area (Å²) in [7, 11) is 2.02. The first kappa shape index (κ1) is 11.5. The van der Waals surface area contributed by atoms with Crippen molar-refractivity contribution in [2.24, 2.45) is 17.6 Å². The fraction of sp³-hybridized carbons (Fsp3) is 0.900. The molecule has 0 aromatic carbocycles. The average Bonchev–Trinajstić information content (AvgIpc) is 2.25. The molecule has 0 bridgehead atoms. The minimum atomic E-state index is -0.747. The summed E-state index contributed by atoms with van der Waals surface area (Å²) < 4.78 is 0. The third kappa shape index (κ3) is 2.25. The van der Waals surface area contributed by atoms with Gasteiger partial charge in [0.1, 0.15) is 0 Å². The first-order valence-corrected chi connectivity index (χ1v) is 5.11. The number of hydrogen-bond acceptors (Lipinski definition) is 3. The zero-order valence-corrected chi connectivity index (χ0v) is 9.10. The van der Waals surface area contributed by atoms with E-state index in [9.17, 15) is 4.79 Å². The van der Waals surface area contributed by atoms with Gasteiger partial charge in [-0.25, -0.2) is 0 Å². The Hall–Kier alpha value is -0.610. The van der Waals surface area contributed by atoms with E-state index in [-0.39, 0.29) is 18.4 Å². The van der Waals surface area contributed by atoms with Crippen LogP contribution >= 0.6 is 0 Å². The topological polar surface area (TPSA) is 66.6 Å². The maximum atomic E-state index is 10.6. The molecule has 3 N–H and O–H groups in total. The normalized spacial score (nSPS) is 33.9. The van der Waals surface area contributed by atoms with Gasteiger partial charge < -0.3 is 15.7 Å². The average molecular weight is 200 g/mol. The van der Waals surface area contributed by atoms with Crippen molar-refractivity contribution < 1.29 is 9.90 Å². The van der Waals surface area contributed by atoms with Crippen LogP contribution in [-0.4, -0.2) is 41.7 Å². The van der Waals surface area contributed by atoms with Gasteiger partial charge in [0, 0.05) is 18.6 Å². The molecule has 0 aromatic heterocycles. The number of hydrogen-bond donors (Lipinski definition) is 2. The second kappa shape index (κ2) is 4.28. The summed E-state index contributed by atoms with van der Waals surface area (Å²) >= 11 is 0. The summed E-state index contributed by atoms with van der Waals surface area (Å²) in [6.07, 6.45) is 0.189. The van der Waals surface area contributed by atoms with E-state index in [4.69, 9.17) is 10.8 Å². The van der Waals surface area contributed by atoms with Gasteiger partial charge in [0.15, 0.2) is 0 Å². The molecule has 1 aliphatic rings. The van der Waals surface area contributed by atoms with Crippen molar-refractivity contribution >= 4 is 5.97 Å². The molecular formula is C10H20N2O2. The van der Waals surface area contributed by atoms with E-state index in [1.165, 1.54) is 0 Å². The van der Waals surface area contributed by atoms with Crippen molar-refractivity contribution in [3.8, 4) is 0 Å². The highest BCUT2D eigenvalue weighted by atomic mass is 16.4. The van der Waals surface area contributed by atoms with Crippen molar-refractivity contribution in [2.45, 2.75) is 32.4 Å². The molecule has 0 saturated carbocycles. The molecule has 3 unspecified atom stereocenters. The Labute approximate surface area is 85.1 Å². The molecule has 1 rings (SSSR count). The zero-order chi connectivity index (χ0) is 10.9. The number of aliphatic carboxylic acids is 1. The lowest BCUT2D eigenvalue weighted by Crippen LogP contribution is -2.43. The lowest BCUT2D eigenvalue weighted by Gasteiger charge is -2.26. The first-order chi connectivity index (χ1) is 6.43. The van der Waals surface area contributed by atoms with Crippen LogP contribution < -0.4 is 5.73 Å². The number of rotatable bonds is 3. The van der Waals surface area contributed by atoms with Crippen LogP contribution in [0.1, 0.15) is 20.3 Å². The van der Waals surface area contributed by atoms with E-state index in [0.717, 1.165) is 6.54 Å². The Bertz CT molecular complexity index is 218. The molecule has 14 heavy (non-hydrogen) atoms. The van der Waals surface area contributed by atoms with E-state index >= 15 is 0 Å². The standard InChI is InChI=1S/C10H20N2O2/c1-6(2)10-9(11)7(4-8(13)14)5-12(10)3/h6-7,9-10H,4-5,11H2,1-3H3,(H,13,14). The highest BCUT2D eigenvalue weighted by molar-refractivity contribution is 5.67. The van der Waals surface area contributed by atoms with Crippen molar-refractivity contribution in [1.82, 2.24) is 4.90 Å². The van der Waals surface area contributed by atoms with Crippen LogP contribution in [0.4, 0.5) is 0 Å². The second-order valence-electron chi connectivity index (χ2n) is 4.61. The number of likely N-dealkylation sites (tertiary alicyclic amines) is 1. The summed E-state index contributed by atoms with van der Waals surface area (Å²) in [6.45, 7) is 5.06. The van der Waals surface area contributed by atoms with Crippen LogP contribution in [-0.2, 0) is 4.79 Å². The number of likely N-dealkylation sites (N-methyl/N-ethyl adjacent to an activating group) is 1. The lowest BCUT2D eigenvalue weighted by molar-refractivity contribution is -0.138. The highest BCUT2D eigenvalue weighted by Gasteiger charge is 2.39. The minimum absolute atomic E-state index is 0.00361. The molecule has 82 valence electrons. The quantitative estimate of drug-likeness (QED) is 0.691. The van der Waals surface area contributed by atoms with Gasteiger partial charge in [-0.3, -0.25) is 4.79 Å². The van der Waals surface area contributed by atoms with Crippen LogP contribution in [0.2, 0.25) is 0 Å². The molecule has 4 heteroatoms. The molecule has 0 aromatic rings. The predicted molar refractivity (Wildman–Crippen MR) is 55.0 cm³/mol. The van der Waals surface area contributed by atoms with E-state index < -0.39 is 5.97 Å². The maximum Gasteiger partial charge on any atom is 0.303 e. The predicted octanol–water partition coefficient (Wildman–Crippen LogP) is 0.375. The van der Waals surface area contributed by atoms with Crippen LogP contribution in [0.5, 0.6) is 0 Å². The fourth-order valence-electron chi connectivity index (χ4n) is 2.56. The first-order valence-electron chi connectivity index (χ1n) is 5.11. The molecule has 0 radical (unpaired) electrons. The molecule has 1 fully saturated rings. The molecule has 1 aliphatic heterocycles. The third-order valence-corrected chi connectivity index (χ3v) is 3.09. The van der Waals surface area contributed by atoms with E-state index in [0.29, 0.717) is 12.0 Å². The Balaban J connectivity index is 2.64. The largest absolute Gasteiger partial charge is 0.481 e. The van der Waals surface area contributed by atoms with Gasteiger partial charge in [0.05, 0.1) is 6.42 Å². The Kier molecular flexibility index (Phi) is 3.50. The molecule has 3 atom stereocenters. The molecule has 1 saturated heterocycles. The number of carbonyl (C=O) groups is 1. The number of nitrogens with two attached hydrogens (primary N) is 1. The summed E-state index contributed by atoms with van der Waals surface area (Å²) in [6, 6.07) is 0.315. The molecule has 1 heterocycles. The fourth-order valence-corrected chi connectivity index (χ4v) is 2.56. The lowest BCUT2D eigenvalue weighted by atomic mass is 9.91. The SMILES string of the molecule is CC(C)C1C(N)C(CC(=O)O)CN1C. The second-order valence-corrected chi connectivity index (χ2v) is 4.61. The molecular weight excluding hydrogens is 180 g/mol. The van der Waals surface area contributed by atoms with E-state index in [1.54, 1.807) is 0 Å². The third-order valence-electron chi connectivity index (χ3n) is 3.09. The van der Waals surface area contributed by atoms with Gasteiger partial charge in [0.2, 0.25) is 0 Å². The van der Waals surface area contributed by atoms with E-state index in [2.05, 4.69) is 18.7 Å². The Morgan fingerprint density at radius 1 is 1.64 bits per heavy atom. The maximum absolute atomic E-state index is 10.6. The monoisotopic (exact) mass is 200 g/mol. The van der Waals surface area contributed by atoms with Crippen molar-refractivity contribution in [1.29, 1.82) is 0 Å². The summed E-state index contributed by atoms with van der Waals surface area (Å²) in [5.41, 5.74) is 6.06. The van der Waals surface area contributed by atoms with Crippen LogP contribution in [0.3, 0.4) is 0 Å². The minimum Gasteiger partial charge on any atom is -0.481 e. The van der Waals surface area contributed by atoms with Crippen molar-refractivity contribution in [3.05, 3.63) is 0 Å². The molecule has 4 nitrogen and oxygen atoms in total. The number of carboxylic acid groups (broad SMARTS) is 1. The van der Waals surface area contributed by atoms with Gasteiger partial charge in [0.25, 0.3) is 0 Å². The van der Waals surface area contributed by atoms with Crippen molar-refractivity contribution in [3.63, 3.8) is 0 Å². The van der Waals surface area contributed by atoms with E-state index in [1.807, 2.05) is 7.05 Å². The van der Waals surface area contributed by atoms with Crippen LogP contribution in [0, 0.1) is 11.8 Å². The van der Waals surface area contributed by atoms with Crippen LogP contribution in [0.15, 0.2) is 0 Å². The van der Waals surface area contributed by atoms with Crippen molar-refractivity contribution in [2.75, 3.05) is 13.6 Å². The summed E-state index contributed by atoms with van der Waals surface area (Å²) in [5.74, 6) is -0.165. The number of carboxylic acids is 1. The van der Waals surface area contributed by atoms with Gasteiger partial charge in [-0.05, 0) is 18.9 Å². The summed E-state index contributed by atoms with van der Waals surface area (Å²) in [4.78, 5) is 12.8. The number of nitrogens with zero attached hydrogens (tertiary/aromatic N) is 1. The summed E-state index contributed by atoms with van der Waals surface area (Å²) in [5, 5.41) is 8.73. The highest BCUT2D eigenvalue weighted by Crippen LogP contribution is 2.27. The molecule has 0 amide bonds. The zero-order valence-electron chi connectivity index (χ0n) is 9.10. The van der Waals surface area contributed by atoms with Crippen LogP contribution in [0.25, 0.3) is 0 Å². The Morgan fingerprint density at radius 2 is 2.21 bits per heavy atom. The molecule has 0 spiro atoms. The smallest absolute Gasteiger partial charge is 0.303 e. The van der Waals surface area contributed by atoms with Gasteiger partial charge in [-0.2, -0.15) is 0 Å². The Morgan fingerprint density at radius 3 is 2.57 bits per heavy atom. The van der Waals surface area contributed by atoms with Gasteiger partial charge in [-0.15, -0.1) is 0 Å².